The quantitative estimate of drug-likeness (QED) is 0.258. The topological polar surface area (TPSA) is 95.4 Å². The fourth-order valence-electron chi connectivity index (χ4n) is 3.06. The third-order valence-corrected chi connectivity index (χ3v) is 5.68. The van der Waals surface area contributed by atoms with Crippen LogP contribution in [-0.4, -0.2) is 17.0 Å². The Bertz CT molecular complexity index is 1080. The van der Waals surface area contributed by atoms with Gasteiger partial charge in [-0.1, -0.05) is 26.2 Å². The summed E-state index contributed by atoms with van der Waals surface area (Å²) in [5.74, 6) is -0.117. The number of nitrogens with zero attached hydrogens (tertiary/aromatic N) is 1. The minimum Gasteiger partial charge on any atom is -0.463 e. The highest BCUT2D eigenvalue weighted by Crippen LogP contribution is 2.29. The van der Waals surface area contributed by atoms with Crippen molar-refractivity contribution < 1.29 is 13.9 Å². The van der Waals surface area contributed by atoms with Gasteiger partial charge in [-0.2, -0.15) is 0 Å². The van der Waals surface area contributed by atoms with Crippen LogP contribution in [0.1, 0.15) is 50.8 Å². The average molecular weight is 487 g/mol. The Labute approximate surface area is 198 Å². The number of hydrogen-bond acceptors (Lipinski definition) is 7. The lowest BCUT2D eigenvalue weighted by Gasteiger charge is -2.13. The Morgan fingerprint density at radius 1 is 1.26 bits per heavy atom. The minimum absolute atomic E-state index is 0. The molecule has 0 saturated carbocycles. The van der Waals surface area contributed by atoms with E-state index in [4.69, 9.17) is 14.9 Å². The molecule has 2 aromatic heterocycles. The van der Waals surface area contributed by atoms with Crippen LogP contribution in [0.4, 0.5) is 0 Å². The van der Waals surface area contributed by atoms with Gasteiger partial charge in [-0.3, -0.25) is 4.79 Å². The number of benzene rings is 1. The van der Waals surface area contributed by atoms with E-state index in [1.54, 1.807) is 19.1 Å². The van der Waals surface area contributed by atoms with Gasteiger partial charge >= 0.3 is 5.97 Å². The normalized spacial score (nSPS) is 11.5. The number of carbonyl (C=O) groups is 1. The zero-order valence-corrected chi connectivity index (χ0v) is 20.3. The zero-order valence-electron chi connectivity index (χ0n) is 17.8. The van der Waals surface area contributed by atoms with Crippen LogP contribution >= 0.6 is 36.2 Å². The molecule has 0 aliphatic carbocycles. The zero-order chi connectivity index (χ0) is 21.0. The number of nitrogens with two attached hydrogens (primary N) is 1. The highest BCUT2D eigenvalue weighted by atomic mass is 35.5. The van der Waals surface area contributed by atoms with E-state index < -0.39 is 12.0 Å². The van der Waals surface area contributed by atoms with Crippen molar-refractivity contribution in [2.75, 3.05) is 0 Å². The number of fused-ring (bicyclic) bond motifs is 1. The number of hydrogen-bond donors (Lipinski definition) is 1. The summed E-state index contributed by atoms with van der Waals surface area (Å²) in [6.07, 6.45) is 6.40. The Morgan fingerprint density at radius 3 is 2.61 bits per heavy atom. The number of thiazole rings is 1. The summed E-state index contributed by atoms with van der Waals surface area (Å²) < 4.78 is 11.2. The van der Waals surface area contributed by atoms with Crippen LogP contribution in [0.15, 0.2) is 33.0 Å². The smallest absolute Gasteiger partial charge is 0.328 e. The van der Waals surface area contributed by atoms with Gasteiger partial charge in [0.25, 0.3) is 0 Å². The van der Waals surface area contributed by atoms with Crippen LogP contribution in [0, 0.1) is 6.92 Å². The molecule has 1 unspecified atom stereocenters. The molecule has 0 amide bonds. The first-order valence-corrected chi connectivity index (χ1v) is 10.8. The van der Waals surface area contributed by atoms with Crippen molar-refractivity contribution >= 4 is 53.1 Å². The van der Waals surface area contributed by atoms with Gasteiger partial charge in [-0.05, 0) is 38.3 Å². The number of unbranched alkanes of at least 4 members (excludes halogenated alkanes) is 3. The molecule has 0 aliphatic heterocycles. The van der Waals surface area contributed by atoms with Gasteiger partial charge in [0, 0.05) is 17.1 Å². The first-order valence-electron chi connectivity index (χ1n) is 9.89. The van der Waals surface area contributed by atoms with Crippen molar-refractivity contribution in [3.63, 3.8) is 0 Å². The molecule has 0 aliphatic rings. The van der Waals surface area contributed by atoms with E-state index in [0.717, 1.165) is 36.9 Å². The third kappa shape index (κ3) is 6.53. The van der Waals surface area contributed by atoms with Crippen LogP contribution in [0.3, 0.4) is 0 Å². The van der Waals surface area contributed by atoms with Gasteiger partial charge < -0.3 is 14.9 Å². The second-order valence-electron chi connectivity index (χ2n) is 7.25. The Hall–Kier alpha value is -1.93. The second-order valence-corrected chi connectivity index (χ2v) is 8.11. The molecule has 0 bridgehead atoms. The maximum absolute atomic E-state index is 13.1. The van der Waals surface area contributed by atoms with Gasteiger partial charge in [0.1, 0.15) is 28.6 Å². The van der Waals surface area contributed by atoms with E-state index in [1.165, 1.54) is 17.6 Å². The lowest BCUT2D eigenvalue weighted by Crippen LogP contribution is -2.31. The first-order chi connectivity index (χ1) is 13.9. The van der Waals surface area contributed by atoms with Gasteiger partial charge in [-0.25, -0.2) is 9.78 Å². The maximum atomic E-state index is 13.1. The van der Waals surface area contributed by atoms with Crippen molar-refractivity contribution in [3.05, 3.63) is 45.3 Å². The van der Waals surface area contributed by atoms with Crippen LogP contribution in [0.2, 0.25) is 0 Å². The number of aromatic nitrogens is 1. The van der Waals surface area contributed by atoms with E-state index in [-0.39, 0.29) is 30.2 Å². The first kappa shape index (κ1) is 27.1. The van der Waals surface area contributed by atoms with Crippen LogP contribution < -0.4 is 15.9 Å². The second kappa shape index (κ2) is 12.2. The summed E-state index contributed by atoms with van der Waals surface area (Å²) in [6.45, 7) is 5.61. The summed E-state index contributed by atoms with van der Waals surface area (Å²) in [5.41, 5.74) is 7.98. The summed E-state index contributed by atoms with van der Waals surface area (Å²) in [6, 6.07) is 2.66. The number of halogens is 2. The molecular formula is C22H28Cl2N2O4S. The lowest BCUT2D eigenvalue weighted by atomic mass is 10.0. The molecule has 0 radical (unpaired) electrons. The fourth-order valence-corrected chi connectivity index (χ4v) is 3.86. The largest absolute Gasteiger partial charge is 0.463 e. The molecule has 2 heterocycles. The van der Waals surface area contributed by atoms with Gasteiger partial charge in [0.15, 0.2) is 0 Å². The van der Waals surface area contributed by atoms with Gasteiger partial charge in [0.05, 0.1) is 10.9 Å². The van der Waals surface area contributed by atoms with Crippen LogP contribution in [-0.2, 0) is 11.2 Å². The minimum atomic E-state index is -0.735. The lowest BCUT2D eigenvalue weighted by molar-refractivity contribution is -0.135. The molecule has 0 saturated heterocycles. The summed E-state index contributed by atoms with van der Waals surface area (Å²) in [5, 5.41) is 2.99. The number of carbonyl (C=O) groups excluding carboxylic acids is 1. The fraction of sp³-hybridized carbons (Fsp3) is 0.409. The molecular weight excluding hydrogens is 459 g/mol. The molecule has 9 heteroatoms. The summed E-state index contributed by atoms with van der Waals surface area (Å²) in [7, 11) is 0. The SMILES string of the molecule is CCCCCCc1cc2c(=O)c(-c3nc(C)cs3)coc2cc1OC(=O)C(C)N.Cl.Cl. The van der Waals surface area contributed by atoms with Crippen molar-refractivity contribution in [2.24, 2.45) is 5.73 Å². The van der Waals surface area contributed by atoms with E-state index >= 15 is 0 Å². The predicted molar refractivity (Wildman–Crippen MR) is 130 cm³/mol. The van der Waals surface area contributed by atoms with E-state index in [9.17, 15) is 9.59 Å². The summed E-state index contributed by atoms with van der Waals surface area (Å²) >= 11 is 1.41. The highest BCUT2D eigenvalue weighted by molar-refractivity contribution is 7.13. The van der Waals surface area contributed by atoms with Crippen molar-refractivity contribution in [2.45, 2.75) is 58.9 Å². The molecule has 3 rings (SSSR count). The molecule has 3 aromatic rings. The Balaban J connectivity index is 0.00000240. The van der Waals surface area contributed by atoms with Crippen LogP contribution in [0.25, 0.3) is 21.5 Å². The third-order valence-electron chi connectivity index (χ3n) is 4.69. The molecule has 1 aromatic carbocycles. The molecule has 170 valence electrons. The number of rotatable bonds is 8. The van der Waals surface area contributed by atoms with Gasteiger partial charge in [0.2, 0.25) is 5.43 Å². The molecule has 6 nitrogen and oxygen atoms in total. The van der Waals surface area contributed by atoms with E-state index in [1.807, 2.05) is 12.3 Å². The van der Waals surface area contributed by atoms with Crippen molar-refractivity contribution in [1.29, 1.82) is 0 Å². The monoisotopic (exact) mass is 486 g/mol. The Morgan fingerprint density at radius 2 is 2.00 bits per heavy atom. The standard InChI is InChI=1S/C22H26N2O4S.2ClH/c1-4-5-6-7-8-15-9-16-19(10-18(15)28-22(26)14(3)23)27-11-17(20(16)25)21-24-13(2)12-29-21;;/h9-12,14H,4-8,23H2,1-3H3;2*1H. The molecule has 0 fully saturated rings. The molecule has 1 atom stereocenters. The number of ether oxygens (including phenoxy) is 1. The van der Waals surface area contributed by atoms with Crippen molar-refractivity contribution in [3.8, 4) is 16.3 Å². The maximum Gasteiger partial charge on any atom is 0.328 e. The summed E-state index contributed by atoms with van der Waals surface area (Å²) in [4.78, 5) is 29.5. The van der Waals surface area contributed by atoms with Gasteiger partial charge in [-0.15, -0.1) is 36.2 Å². The Kier molecular flexibility index (Phi) is 10.7. The van der Waals surface area contributed by atoms with Crippen molar-refractivity contribution in [1.82, 2.24) is 4.98 Å². The highest BCUT2D eigenvalue weighted by Gasteiger charge is 2.18. The predicted octanol–water partition coefficient (Wildman–Crippen LogP) is 5.44. The molecule has 0 spiro atoms. The number of aryl methyl sites for hydroxylation is 2. The molecule has 2 N–H and O–H groups in total. The van der Waals surface area contributed by atoms with Crippen LogP contribution in [0.5, 0.6) is 5.75 Å². The van der Waals surface area contributed by atoms with E-state index in [2.05, 4.69) is 11.9 Å². The molecule has 31 heavy (non-hydrogen) atoms. The average Bonchev–Trinajstić information content (AvgIpc) is 3.12. The van der Waals surface area contributed by atoms with E-state index in [0.29, 0.717) is 33.7 Å². The number of esters is 1.